The van der Waals surface area contributed by atoms with E-state index in [4.69, 9.17) is 0 Å². The van der Waals surface area contributed by atoms with Crippen molar-refractivity contribution < 1.29 is 17.4 Å². The molecule has 1 aromatic carbocycles. The van der Waals surface area contributed by atoms with Crippen molar-refractivity contribution in [3.63, 3.8) is 0 Å². The van der Waals surface area contributed by atoms with E-state index < -0.39 is 0 Å². The number of nitrogens with zero attached hydrogens (tertiary/aromatic N) is 1. The van der Waals surface area contributed by atoms with Gasteiger partial charge in [0, 0.05) is 6.20 Å². The summed E-state index contributed by atoms with van der Waals surface area (Å²) in [4.78, 5) is 3.87. The number of hydrogen-bond donors (Lipinski definition) is 0. The van der Waals surface area contributed by atoms with Crippen molar-refractivity contribution in [2.45, 2.75) is 6.42 Å². The van der Waals surface area contributed by atoms with Crippen LogP contribution in [-0.4, -0.2) is 4.98 Å². The Morgan fingerprint density at radius 2 is 1.62 bits per heavy atom. The number of halogens is 2. The second kappa shape index (κ2) is 12.6. The number of aromatic nitrogens is 1. The van der Waals surface area contributed by atoms with E-state index >= 15 is 0 Å². The molecule has 21 heavy (non-hydrogen) atoms. The molecular formula is C17H17Cl2CrN. The Hall–Kier alpha value is -1.17. The number of hydrogen-bond acceptors (Lipinski definition) is 1. The average molecular weight is 358 g/mol. The summed E-state index contributed by atoms with van der Waals surface area (Å²) in [5.74, 6) is 0. The first-order chi connectivity index (χ1) is 8.86. The summed E-state index contributed by atoms with van der Waals surface area (Å²) in [6.07, 6.45) is 10.1. The minimum atomic E-state index is 0. The SMILES string of the molecule is Cl.Cl.[C-]1=CC(c2ccccc2)=CC1.[CH2-]c1ccccn1.[Cr+2]. The zero-order chi connectivity index (χ0) is 12.6. The zero-order valence-electron chi connectivity index (χ0n) is 11.4. The van der Waals surface area contributed by atoms with Gasteiger partial charge in [-0.15, -0.1) is 48.6 Å². The van der Waals surface area contributed by atoms with Gasteiger partial charge in [0.25, 0.3) is 0 Å². The van der Waals surface area contributed by atoms with Gasteiger partial charge >= 0.3 is 17.4 Å². The molecule has 0 spiro atoms. The van der Waals surface area contributed by atoms with Crippen LogP contribution in [0.4, 0.5) is 0 Å². The Balaban J connectivity index is 0. The Morgan fingerprint density at radius 1 is 0.952 bits per heavy atom. The zero-order valence-corrected chi connectivity index (χ0v) is 14.3. The van der Waals surface area contributed by atoms with E-state index in [1.54, 1.807) is 6.20 Å². The topological polar surface area (TPSA) is 12.9 Å². The van der Waals surface area contributed by atoms with Crippen LogP contribution in [-0.2, 0) is 17.4 Å². The van der Waals surface area contributed by atoms with Gasteiger partial charge in [0.1, 0.15) is 0 Å². The molecule has 4 heteroatoms. The third kappa shape index (κ3) is 8.00. The minimum Gasteiger partial charge on any atom is -0.296 e. The van der Waals surface area contributed by atoms with Gasteiger partial charge in [0.05, 0.1) is 0 Å². The fourth-order valence-electron chi connectivity index (χ4n) is 1.63. The van der Waals surface area contributed by atoms with Crippen LogP contribution in [0.3, 0.4) is 0 Å². The second-order valence-electron chi connectivity index (χ2n) is 3.90. The fraction of sp³-hybridized carbons (Fsp3) is 0.0588. The van der Waals surface area contributed by atoms with Gasteiger partial charge in [0.15, 0.2) is 0 Å². The molecule has 0 saturated heterocycles. The largest absolute Gasteiger partial charge is 2.00 e. The molecule has 1 aromatic heterocycles. The first-order valence-corrected chi connectivity index (χ1v) is 5.91. The molecule has 0 saturated carbocycles. The normalized spacial score (nSPS) is 10.8. The molecule has 1 nitrogen and oxygen atoms in total. The van der Waals surface area contributed by atoms with Gasteiger partial charge in [-0.1, -0.05) is 36.4 Å². The molecule has 1 aliphatic rings. The van der Waals surface area contributed by atoms with E-state index in [2.05, 4.69) is 54.4 Å². The third-order valence-electron chi connectivity index (χ3n) is 2.53. The van der Waals surface area contributed by atoms with Gasteiger partial charge in [-0.3, -0.25) is 11.1 Å². The van der Waals surface area contributed by atoms with E-state index in [0.717, 1.165) is 12.1 Å². The maximum Gasteiger partial charge on any atom is 2.00 e. The van der Waals surface area contributed by atoms with E-state index in [-0.39, 0.29) is 42.2 Å². The number of benzene rings is 1. The van der Waals surface area contributed by atoms with Crippen molar-refractivity contribution in [2.24, 2.45) is 0 Å². The fourth-order valence-corrected chi connectivity index (χ4v) is 1.63. The van der Waals surface area contributed by atoms with Crippen LogP contribution in [0.5, 0.6) is 0 Å². The molecule has 0 N–H and O–H groups in total. The van der Waals surface area contributed by atoms with Crippen LogP contribution in [0.25, 0.3) is 5.57 Å². The molecule has 2 aromatic rings. The Morgan fingerprint density at radius 3 is 2.05 bits per heavy atom. The number of allylic oxidation sites excluding steroid dienone is 4. The summed E-state index contributed by atoms with van der Waals surface area (Å²) in [6, 6.07) is 16.0. The van der Waals surface area contributed by atoms with Gasteiger partial charge in [-0.05, 0) is 0 Å². The molecule has 0 atom stereocenters. The van der Waals surface area contributed by atoms with Crippen molar-refractivity contribution in [1.82, 2.24) is 4.98 Å². The molecule has 0 amide bonds. The van der Waals surface area contributed by atoms with E-state index in [1.165, 1.54) is 11.1 Å². The van der Waals surface area contributed by atoms with Crippen LogP contribution >= 0.6 is 24.8 Å². The van der Waals surface area contributed by atoms with Gasteiger partial charge in [-0.2, -0.15) is 17.7 Å². The predicted octanol–water partition coefficient (Wildman–Crippen LogP) is 4.94. The maximum absolute atomic E-state index is 3.87. The summed E-state index contributed by atoms with van der Waals surface area (Å²) < 4.78 is 0. The summed E-state index contributed by atoms with van der Waals surface area (Å²) in [5, 5.41) is 0. The Bertz CT molecular complexity index is 539. The van der Waals surface area contributed by atoms with Crippen LogP contribution in [0, 0.1) is 13.0 Å². The van der Waals surface area contributed by atoms with Crippen LogP contribution < -0.4 is 0 Å². The van der Waals surface area contributed by atoms with Crippen LogP contribution in [0.2, 0.25) is 0 Å². The molecule has 1 aliphatic carbocycles. The Kier molecular flexibility index (Phi) is 13.2. The molecular weight excluding hydrogens is 341 g/mol. The van der Waals surface area contributed by atoms with Gasteiger partial charge in [0.2, 0.25) is 0 Å². The minimum absolute atomic E-state index is 0. The summed E-state index contributed by atoms with van der Waals surface area (Å²) >= 11 is 0. The quantitative estimate of drug-likeness (QED) is 0.658. The van der Waals surface area contributed by atoms with E-state index in [9.17, 15) is 0 Å². The Labute approximate surface area is 150 Å². The average Bonchev–Trinajstić information content (AvgIpc) is 2.95. The molecule has 0 bridgehead atoms. The summed E-state index contributed by atoms with van der Waals surface area (Å²) in [5.41, 5.74) is 3.41. The molecule has 0 unspecified atom stereocenters. The smallest absolute Gasteiger partial charge is 0.296 e. The summed E-state index contributed by atoms with van der Waals surface area (Å²) in [7, 11) is 0. The van der Waals surface area contributed by atoms with E-state index in [1.807, 2.05) is 24.3 Å². The van der Waals surface area contributed by atoms with Gasteiger partial charge in [-0.25, -0.2) is 13.0 Å². The number of pyridine rings is 1. The summed E-state index contributed by atoms with van der Waals surface area (Å²) in [6.45, 7) is 3.61. The first-order valence-electron chi connectivity index (χ1n) is 5.91. The van der Waals surface area contributed by atoms with Crippen molar-refractivity contribution in [3.8, 4) is 0 Å². The van der Waals surface area contributed by atoms with Crippen molar-refractivity contribution >= 4 is 30.4 Å². The molecule has 1 heterocycles. The van der Waals surface area contributed by atoms with Crippen molar-refractivity contribution in [2.75, 3.05) is 0 Å². The van der Waals surface area contributed by atoms with Gasteiger partial charge < -0.3 is 0 Å². The first kappa shape index (κ1) is 22.1. The monoisotopic (exact) mass is 357 g/mol. The molecule has 0 fully saturated rings. The van der Waals surface area contributed by atoms with Crippen molar-refractivity contribution in [3.05, 3.63) is 91.1 Å². The molecule has 110 valence electrons. The number of rotatable bonds is 1. The van der Waals surface area contributed by atoms with Crippen LogP contribution in [0.15, 0.2) is 66.9 Å². The van der Waals surface area contributed by atoms with Crippen molar-refractivity contribution in [1.29, 1.82) is 0 Å². The molecule has 3 rings (SSSR count). The predicted molar refractivity (Wildman–Crippen MR) is 90.0 cm³/mol. The molecule has 0 aliphatic heterocycles. The standard InChI is InChI=1S/C11H9.C6H6N.2ClH.Cr/c1-2-6-10(7-3-1)11-8-4-5-9-11;1-6-4-2-3-5-7-6;;;/h1-3,6-9H,4H2;2-5H,1H2;2*1H;/q2*-1;;;+2. The van der Waals surface area contributed by atoms with Crippen LogP contribution in [0.1, 0.15) is 17.7 Å². The third-order valence-corrected chi connectivity index (χ3v) is 2.53. The maximum atomic E-state index is 3.87. The molecule has 0 radical (unpaired) electrons. The second-order valence-corrected chi connectivity index (χ2v) is 3.90. The van der Waals surface area contributed by atoms with E-state index in [0.29, 0.717) is 0 Å².